The zero-order valence-electron chi connectivity index (χ0n) is 16.9. The molecule has 28 heavy (non-hydrogen) atoms. The average molecular weight is 382 g/mol. The lowest BCUT2D eigenvalue weighted by Crippen LogP contribution is -2.46. The number of rotatable bonds is 6. The van der Waals surface area contributed by atoms with E-state index in [1.165, 1.54) is 10.9 Å². The van der Waals surface area contributed by atoms with E-state index in [0.29, 0.717) is 12.3 Å². The summed E-state index contributed by atoms with van der Waals surface area (Å²) in [6.07, 6.45) is 5.42. The molecule has 1 aliphatic rings. The van der Waals surface area contributed by atoms with E-state index in [0.717, 1.165) is 56.9 Å². The number of likely N-dealkylation sites (tertiary alicyclic amines) is 1. The molecule has 0 unspecified atom stereocenters. The molecule has 2 N–H and O–H groups in total. The zero-order chi connectivity index (χ0) is 19.8. The van der Waals surface area contributed by atoms with E-state index in [4.69, 9.17) is 4.99 Å². The fourth-order valence-corrected chi connectivity index (χ4v) is 3.79. The van der Waals surface area contributed by atoms with Gasteiger partial charge in [-0.05, 0) is 43.7 Å². The van der Waals surface area contributed by atoms with Crippen molar-refractivity contribution in [3.63, 3.8) is 0 Å². The topological polar surface area (TPSA) is 69.6 Å². The molecule has 0 bridgehead atoms. The smallest absolute Gasteiger partial charge is 0.220 e. The minimum Gasteiger partial charge on any atom is -0.359 e. The minimum atomic E-state index is 0.141. The van der Waals surface area contributed by atoms with Gasteiger partial charge < -0.3 is 15.5 Å². The molecule has 3 rings (SSSR count). The highest BCUT2D eigenvalue weighted by Gasteiger charge is 2.23. The fourth-order valence-electron chi connectivity index (χ4n) is 3.79. The van der Waals surface area contributed by atoms with Gasteiger partial charge in [-0.15, -0.1) is 0 Å². The largest absolute Gasteiger partial charge is 0.359 e. The van der Waals surface area contributed by atoms with Crippen LogP contribution in [0.25, 0.3) is 10.9 Å². The number of carbonyl (C=O) groups is 1. The lowest BCUT2D eigenvalue weighted by atomic mass is 9.93. The molecule has 0 saturated carbocycles. The standard InChI is InChI=1S/C22H31N5O/c1-3-24-22(27-14-10-17(11-15-27)16-20(28)23-2)26-13-9-19-7-4-6-18-8-5-12-25-21(18)19/h4-8,12,17H,3,9-11,13-16H2,1-2H3,(H,23,28)(H,24,26). The molecule has 1 fully saturated rings. The number of para-hydroxylation sites is 1. The van der Waals surface area contributed by atoms with Gasteiger partial charge in [0.15, 0.2) is 5.96 Å². The van der Waals surface area contributed by atoms with Gasteiger partial charge in [0, 0.05) is 51.2 Å². The number of piperidine rings is 1. The van der Waals surface area contributed by atoms with Gasteiger partial charge >= 0.3 is 0 Å². The third kappa shape index (κ3) is 5.21. The molecule has 2 heterocycles. The fraction of sp³-hybridized carbons (Fsp3) is 0.500. The van der Waals surface area contributed by atoms with Crippen molar-refractivity contribution in [2.75, 3.05) is 33.2 Å². The summed E-state index contributed by atoms with van der Waals surface area (Å²) in [5.74, 6) is 1.60. The van der Waals surface area contributed by atoms with Gasteiger partial charge in [-0.1, -0.05) is 24.3 Å². The van der Waals surface area contributed by atoms with Crippen molar-refractivity contribution < 1.29 is 4.79 Å². The number of hydrogen-bond donors (Lipinski definition) is 2. The number of guanidine groups is 1. The molecule has 6 heteroatoms. The Morgan fingerprint density at radius 1 is 1.25 bits per heavy atom. The van der Waals surface area contributed by atoms with Crippen LogP contribution in [0.1, 0.15) is 31.7 Å². The molecule has 1 aromatic heterocycles. The lowest BCUT2D eigenvalue weighted by Gasteiger charge is -2.34. The Morgan fingerprint density at radius 2 is 2.04 bits per heavy atom. The van der Waals surface area contributed by atoms with Gasteiger partial charge in [0.1, 0.15) is 0 Å². The van der Waals surface area contributed by atoms with Crippen LogP contribution in [0.3, 0.4) is 0 Å². The van der Waals surface area contributed by atoms with Gasteiger partial charge in [0.25, 0.3) is 0 Å². The highest BCUT2D eigenvalue weighted by Crippen LogP contribution is 2.21. The minimum absolute atomic E-state index is 0.141. The van der Waals surface area contributed by atoms with Crippen molar-refractivity contribution in [2.24, 2.45) is 10.9 Å². The molecular formula is C22H31N5O. The Kier molecular flexibility index (Phi) is 7.23. The van der Waals surface area contributed by atoms with Crippen molar-refractivity contribution in [1.82, 2.24) is 20.5 Å². The summed E-state index contributed by atoms with van der Waals surface area (Å²) in [5, 5.41) is 7.33. The first-order chi connectivity index (χ1) is 13.7. The SMILES string of the molecule is CCNC(=NCCc1cccc2cccnc12)N1CCC(CC(=O)NC)CC1. The number of carbonyl (C=O) groups excluding carboxylic acids is 1. The summed E-state index contributed by atoms with van der Waals surface area (Å²) < 4.78 is 0. The van der Waals surface area contributed by atoms with Crippen LogP contribution in [0, 0.1) is 5.92 Å². The predicted octanol–water partition coefficient (Wildman–Crippen LogP) is 2.59. The van der Waals surface area contributed by atoms with Crippen molar-refractivity contribution in [2.45, 2.75) is 32.6 Å². The molecule has 150 valence electrons. The number of aliphatic imine (C=N–C) groups is 1. The molecule has 0 aliphatic carbocycles. The number of nitrogens with zero attached hydrogens (tertiary/aromatic N) is 3. The molecular weight excluding hydrogens is 350 g/mol. The van der Waals surface area contributed by atoms with Crippen molar-refractivity contribution in [3.8, 4) is 0 Å². The third-order valence-corrected chi connectivity index (χ3v) is 5.36. The van der Waals surface area contributed by atoms with Crippen LogP contribution in [0.2, 0.25) is 0 Å². The Bertz CT molecular complexity index is 806. The first-order valence-electron chi connectivity index (χ1n) is 10.3. The number of nitrogens with one attached hydrogen (secondary N) is 2. The first-order valence-corrected chi connectivity index (χ1v) is 10.3. The third-order valence-electron chi connectivity index (χ3n) is 5.36. The maximum Gasteiger partial charge on any atom is 0.220 e. The summed E-state index contributed by atoms with van der Waals surface area (Å²) in [5.41, 5.74) is 2.31. The van der Waals surface area contributed by atoms with Crippen LogP contribution in [-0.4, -0.2) is 55.0 Å². The highest BCUT2D eigenvalue weighted by atomic mass is 16.1. The van der Waals surface area contributed by atoms with Crippen LogP contribution < -0.4 is 10.6 Å². The number of pyridine rings is 1. The Morgan fingerprint density at radius 3 is 2.79 bits per heavy atom. The van der Waals surface area contributed by atoms with E-state index in [2.05, 4.69) is 51.7 Å². The molecule has 1 saturated heterocycles. The van der Waals surface area contributed by atoms with Gasteiger partial charge in [0.2, 0.25) is 5.91 Å². The number of fused-ring (bicyclic) bond motifs is 1. The number of aromatic nitrogens is 1. The maximum absolute atomic E-state index is 11.6. The van der Waals surface area contributed by atoms with Crippen LogP contribution in [0.5, 0.6) is 0 Å². The van der Waals surface area contributed by atoms with E-state index < -0.39 is 0 Å². The van der Waals surface area contributed by atoms with Gasteiger partial charge in [-0.25, -0.2) is 0 Å². The Hall–Kier alpha value is -2.63. The van der Waals surface area contributed by atoms with Crippen LogP contribution in [-0.2, 0) is 11.2 Å². The van der Waals surface area contributed by atoms with E-state index >= 15 is 0 Å². The summed E-state index contributed by atoms with van der Waals surface area (Å²) in [7, 11) is 1.71. The van der Waals surface area contributed by atoms with E-state index in [-0.39, 0.29) is 5.91 Å². The second-order valence-electron chi connectivity index (χ2n) is 7.29. The average Bonchev–Trinajstić information content (AvgIpc) is 2.74. The molecule has 6 nitrogen and oxygen atoms in total. The molecule has 1 aromatic carbocycles. The van der Waals surface area contributed by atoms with Gasteiger partial charge in [-0.3, -0.25) is 14.8 Å². The van der Waals surface area contributed by atoms with Gasteiger partial charge in [-0.2, -0.15) is 0 Å². The highest BCUT2D eigenvalue weighted by molar-refractivity contribution is 5.82. The van der Waals surface area contributed by atoms with Crippen LogP contribution >= 0.6 is 0 Å². The molecule has 0 radical (unpaired) electrons. The first kappa shape index (κ1) is 20.1. The lowest BCUT2D eigenvalue weighted by molar-refractivity contribution is -0.121. The van der Waals surface area contributed by atoms with E-state index in [1.807, 2.05) is 12.3 Å². The Labute approximate surface area is 167 Å². The van der Waals surface area contributed by atoms with E-state index in [9.17, 15) is 4.79 Å². The molecule has 1 aliphatic heterocycles. The second-order valence-corrected chi connectivity index (χ2v) is 7.29. The van der Waals surface area contributed by atoms with Crippen molar-refractivity contribution in [1.29, 1.82) is 0 Å². The molecule has 0 atom stereocenters. The summed E-state index contributed by atoms with van der Waals surface area (Å²) in [4.78, 5) is 23.3. The van der Waals surface area contributed by atoms with Crippen LogP contribution in [0.15, 0.2) is 41.5 Å². The molecule has 0 spiro atoms. The quantitative estimate of drug-likeness (QED) is 0.596. The maximum atomic E-state index is 11.6. The Balaban J connectivity index is 1.59. The number of amides is 1. The normalized spacial score (nSPS) is 15.6. The summed E-state index contributed by atoms with van der Waals surface area (Å²) in [6, 6.07) is 10.4. The monoisotopic (exact) mass is 381 g/mol. The van der Waals surface area contributed by atoms with Crippen LogP contribution in [0.4, 0.5) is 0 Å². The van der Waals surface area contributed by atoms with E-state index in [1.54, 1.807) is 7.05 Å². The number of benzene rings is 1. The van der Waals surface area contributed by atoms with Crippen molar-refractivity contribution in [3.05, 3.63) is 42.1 Å². The summed E-state index contributed by atoms with van der Waals surface area (Å²) in [6.45, 7) is 5.58. The number of hydrogen-bond acceptors (Lipinski definition) is 3. The molecule has 2 aromatic rings. The predicted molar refractivity (Wildman–Crippen MR) is 114 cm³/mol. The van der Waals surface area contributed by atoms with Gasteiger partial charge in [0.05, 0.1) is 5.52 Å². The zero-order valence-corrected chi connectivity index (χ0v) is 16.9. The summed E-state index contributed by atoms with van der Waals surface area (Å²) >= 11 is 0. The second kappa shape index (κ2) is 10.1. The molecule has 1 amide bonds. The van der Waals surface area contributed by atoms with Crippen molar-refractivity contribution >= 4 is 22.8 Å².